The van der Waals surface area contributed by atoms with E-state index in [0.717, 1.165) is 24.3 Å². The molecule has 168 valence electrons. The van der Waals surface area contributed by atoms with Crippen LogP contribution in [0.4, 0.5) is 23.7 Å². The van der Waals surface area contributed by atoms with Gasteiger partial charge in [0, 0.05) is 12.1 Å². The van der Waals surface area contributed by atoms with E-state index < -0.39 is 35.4 Å². The van der Waals surface area contributed by atoms with Gasteiger partial charge in [-0.1, -0.05) is 13.8 Å². The van der Waals surface area contributed by atoms with Crippen LogP contribution in [0.5, 0.6) is 0 Å². The first-order valence-electron chi connectivity index (χ1n) is 9.66. The van der Waals surface area contributed by atoms with Crippen LogP contribution in [0.2, 0.25) is 0 Å². The van der Waals surface area contributed by atoms with Crippen molar-refractivity contribution in [2.75, 3.05) is 5.32 Å². The number of ketones is 1. The molecule has 0 saturated heterocycles. The Morgan fingerprint density at radius 3 is 2.03 bits per heavy atom. The molecular weight excluding hydrogens is 401 g/mol. The standard InChI is InChI=1S/C21H29F3N2O4/c1-13(2)12-16(17(27)10-11-18(28)30-20(3,4)5)26-19(29)25-15-8-6-14(7-9-15)21(22,23)24/h6-9,13,16H,10-12H2,1-5H3,(H2,25,26,29)/t16-/m0/s1. The fourth-order valence-electron chi connectivity index (χ4n) is 2.60. The maximum absolute atomic E-state index is 12.6. The largest absolute Gasteiger partial charge is 0.460 e. The van der Waals surface area contributed by atoms with Crippen molar-refractivity contribution in [2.24, 2.45) is 5.92 Å². The molecule has 0 saturated carbocycles. The number of rotatable bonds is 8. The van der Waals surface area contributed by atoms with E-state index in [1.807, 2.05) is 13.8 Å². The monoisotopic (exact) mass is 430 g/mol. The number of carbonyl (C=O) groups is 3. The summed E-state index contributed by atoms with van der Waals surface area (Å²) in [7, 11) is 0. The number of anilines is 1. The van der Waals surface area contributed by atoms with Gasteiger partial charge in [0.05, 0.1) is 18.0 Å². The molecule has 0 fully saturated rings. The fourth-order valence-corrected chi connectivity index (χ4v) is 2.60. The first kappa shape index (κ1) is 25.5. The summed E-state index contributed by atoms with van der Waals surface area (Å²) in [5.41, 5.74) is -1.33. The SMILES string of the molecule is CC(C)C[C@H](NC(=O)Nc1ccc(C(F)(F)F)cc1)C(=O)CCC(=O)OC(C)(C)C. The highest BCUT2D eigenvalue weighted by molar-refractivity contribution is 5.95. The van der Waals surface area contributed by atoms with Gasteiger partial charge >= 0.3 is 18.2 Å². The third-order valence-electron chi connectivity index (χ3n) is 3.87. The molecule has 1 aromatic rings. The molecule has 2 amide bonds. The average molecular weight is 430 g/mol. The third-order valence-corrected chi connectivity index (χ3v) is 3.87. The average Bonchev–Trinajstić information content (AvgIpc) is 2.56. The van der Waals surface area contributed by atoms with Crippen LogP contribution in [0.1, 0.15) is 59.4 Å². The van der Waals surface area contributed by atoms with Crippen LogP contribution in [0, 0.1) is 5.92 Å². The molecule has 0 aromatic heterocycles. The molecule has 2 N–H and O–H groups in total. The molecule has 0 unspecified atom stereocenters. The molecule has 1 rings (SSSR count). The Hall–Kier alpha value is -2.58. The van der Waals surface area contributed by atoms with Crippen LogP contribution < -0.4 is 10.6 Å². The van der Waals surface area contributed by atoms with Crippen molar-refractivity contribution in [2.45, 2.75) is 71.7 Å². The van der Waals surface area contributed by atoms with Crippen LogP contribution in [-0.4, -0.2) is 29.4 Å². The number of hydrogen-bond donors (Lipinski definition) is 2. The normalized spacial score (nSPS) is 13.0. The number of Topliss-reactive ketones (excluding diaryl/α,β-unsaturated/α-hetero) is 1. The van der Waals surface area contributed by atoms with E-state index in [1.165, 1.54) is 0 Å². The van der Waals surface area contributed by atoms with Gasteiger partial charge in [-0.25, -0.2) is 4.79 Å². The van der Waals surface area contributed by atoms with Crippen LogP contribution >= 0.6 is 0 Å². The second-order valence-electron chi connectivity index (χ2n) is 8.41. The molecule has 0 aliphatic carbocycles. The number of esters is 1. The van der Waals surface area contributed by atoms with Crippen molar-refractivity contribution in [1.82, 2.24) is 5.32 Å². The van der Waals surface area contributed by atoms with Gasteiger partial charge in [-0.3, -0.25) is 9.59 Å². The Labute approximate surface area is 174 Å². The molecule has 30 heavy (non-hydrogen) atoms. The first-order chi connectivity index (χ1) is 13.7. The van der Waals surface area contributed by atoms with Crippen molar-refractivity contribution in [3.63, 3.8) is 0 Å². The Morgan fingerprint density at radius 2 is 1.57 bits per heavy atom. The summed E-state index contributed by atoms with van der Waals surface area (Å²) in [5.74, 6) is -0.739. The molecular formula is C21H29F3N2O4. The summed E-state index contributed by atoms with van der Waals surface area (Å²) in [6.07, 6.45) is -4.31. The zero-order valence-corrected chi connectivity index (χ0v) is 17.9. The minimum Gasteiger partial charge on any atom is -0.460 e. The fraction of sp³-hybridized carbons (Fsp3) is 0.571. The van der Waals surface area contributed by atoms with Crippen molar-refractivity contribution < 1.29 is 32.3 Å². The van der Waals surface area contributed by atoms with Gasteiger partial charge in [0.15, 0.2) is 5.78 Å². The molecule has 6 nitrogen and oxygen atoms in total. The molecule has 1 aromatic carbocycles. The second kappa shape index (κ2) is 10.4. The lowest BCUT2D eigenvalue weighted by Crippen LogP contribution is -2.44. The molecule has 0 heterocycles. The smallest absolute Gasteiger partial charge is 0.416 e. The maximum atomic E-state index is 12.6. The Bertz CT molecular complexity index is 738. The van der Waals surface area contributed by atoms with Gasteiger partial charge in [-0.05, 0) is 57.4 Å². The summed E-state index contributed by atoms with van der Waals surface area (Å²) >= 11 is 0. The number of urea groups is 1. The second-order valence-corrected chi connectivity index (χ2v) is 8.41. The van der Waals surface area contributed by atoms with Crippen LogP contribution in [0.3, 0.4) is 0 Å². The number of alkyl halides is 3. The van der Waals surface area contributed by atoms with E-state index in [0.29, 0.717) is 6.42 Å². The van der Waals surface area contributed by atoms with Crippen molar-refractivity contribution in [3.8, 4) is 0 Å². The van der Waals surface area contributed by atoms with E-state index in [9.17, 15) is 27.6 Å². The van der Waals surface area contributed by atoms with Gasteiger partial charge < -0.3 is 15.4 Å². The van der Waals surface area contributed by atoms with E-state index >= 15 is 0 Å². The Kier molecular flexibility index (Phi) is 8.87. The zero-order valence-electron chi connectivity index (χ0n) is 17.9. The number of benzene rings is 1. The summed E-state index contributed by atoms with van der Waals surface area (Å²) in [6.45, 7) is 8.93. The number of carbonyl (C=O) groups excluding carboxylic acids is 3. The van der Waals surface area contributed by atoms with Crippen LogP contribution in [-0.2, 0) is 20.5 Å². The van der Waals surface area contributed by atoms with Crippen molar-refractivity contribution in [3.05, 3.63) is 29.8 Å². The van der Waals surface area contributed by atoms with E-state index in [-0.39, 0.29) is 30.2 Å². The first-order valence-corrected chi connectivity index (χ1v) is 9.66. The van der Waals surface area contributed by atoms with Crippen molar-refractivity contribution >= 4 is 23.5 Å². The van der Waals surface area contributed by atoms with Gasteiger partial charge in [0.25, 0.3) is 0 Å². The molecule has 0 bridgehead atoms. The maximum Gasteiger partial charge on any atom is 0.416 e. The quantitative estimate of drug-likeness (QED) is 0.573. The number of amides is 2. The number of hydrogen-bond acceptors (Lipinski definition) is 4. The van der Waals surface area contributed by atoms with Gasteiger partial charge in [0.1, 0.15) is 5.60 Å². The molecule has 0 aliphatic rings. The highest BCUT2D eigenvalue weighted by atomic mass is 19.4. The number of nitrogens with one attached hydrogen (secondary N) is 2. The highest BCUT2D eigenvalue weighted by Crippen LogP contribution is 2.29. The molecule has 9 heteroatoms. The van der Waals surface area contributed by atoms with Crippen LogP contribution in [0.15, 0.2) is 24.3 Å². The predicted octanol–water partition coefficient (Wildman–Crippen LogP) is 4.93. The topological polar surface area (TPSA) is 84.5 Å². The molecule has 0 radical (unpaired) electrons. The third kappa shape index (κ3) is 9.76. The van der Waals surface area contributed by atoms with Gasteiger partial charge in [0.2, 0.25) is 0 Å². The van der Waals surface area contributed by atoms with Crippen molar-refractivity contribution in [1.29, 1.82) is 0 Å². The lowest BCUT2D eigenvalue weighted by molar-refractivity contribution is -0.155. The minimum absolute atomic E-state index is 0.0897. The zero-order chi connectivity index (χ0) is 23.1. The minimum atomic E-state index is -4.47. The number of halogens is 3. The summed E-state index contributed by atoms with van der Waals surface area (Å²) in [6, 6.07) is 2.42. The molecule has 0 spiro atoms. The highest BCUT2D eigenvalue weighted by Gasteiger charge is 2.30. The molecule has 0 aliphatic heterocycles. The Morgan fingerprint density at radius 1 is 1.00 bits per heavy atom. The summed E-state index contributed by atoms with van der Waals surface area (Å²) < 4.78 is 43.0. The van der Waals surface area contributed by atoms with Gasteiger partial charge in [-0.2, -0.15) is 13.2 Å². The van der Waals surface area contributed by atoms with Gasteiger partial charge in [-0.15, -0.1) is 0 Å². The molecule has 1 atom stereocenters. The lowest BCUT2D eigenvalue weighted by Gasteiger charge is -2.21. The van der Waals surface area contributed by atoms with E-state index in [1.54, 1.807) is 20.8 Å². The van der Waals surface area contributed by atoms with Crippen LogP contribution in [0.25, 0.3) is 0 Å². The Balaban J connectivity index is 2.69. The number of ether oxygens (including phenoxy) is 1. The van der Waals surface area contributed by atoms with E-state index in [4.69, 9.17) is 4.74 Å². The van der Waals surface area contributed by atoms with E-state index in [2.05, 4.69) is 10.6 Å². The lowest BCUT2D eigenvalue weighted by atomic mass is 9.98. The predicted molar refractivity (Wildman–Crippen MR) is 107 cm³/mol. The summed E-state index contributed by atoms with van der Waals surface area (Å²) in [4.78, 5) is 36.6. The summed E-state index contributed by atoms with van der Waals surface area (Å²) in [5, 5.41) is 4.95.